The molecule has 2 aromatic rings. The average molecular weight is 400 g/mol. The molecule has 2 aromatic carbocycles. The fraction of sp³-hybridized carbons (Fsp3) is 0.500. The van der Waals surface area contributed by atoms with Crippen molar-refractivity contribution in [3.05, 3.63) is 58.7 Å². The summed E-state index contributed by atoms with van der Waals surface area (Å²) in [4.78, 5) is 2.26. The minimum absolute atomic E-state index is 0.268. The molecule has 0 aromatic heterocycles. The average Bonchev–Trinajstić information content (AvgIpc) is 3.10. The van der Waals surface area contributed by atoms with Crippen molar-refractivity contribution in [2.24, 2.45) is 0 Å². The van der Waals surface area contributed by atoms with Crippen LogP contribution in [0.5, 0.6) is 11.5 Å². The summed E-state index contributed by atoms with van der Waals surface area (Å²) in [7, 11) is 0. The molecule has 0 bridgehead atoms. The number of hydrogen-bond acceptors (Lipinski definition) is 5. The van der Waals surface area contributed by atoms with Crippen molar-refractivity contribution in [3.63, 3.8) is 0 Å². The Balaban J connectivity index is 1.74. The lowest BCUT2D eigenvalue weighted by molar-refractivity contribution is -0.0573. The standard InChI is InChI=1S/C24H33NO4/c1-17-6-7-18(2)20(10-17)13-25(14-21(26)15-29-24(3,4)5)12-19-8-9-22-23(11-19)28-16-27-22/h6-11,21,26H,12-16H2,1-5H3. The molecule has 1 aliphatic rings. The maximum Gasteiger partial charge on any atom is 0.231 e. The predicted molar refractivity (Wildman–Crippen MR) is 114 cm³/mol. The van der Waals surface area contributed by atoms with Crippen LogP contribution < -0.4 is 9.47 Å². The lowest BCUT2D eigenvalue weighted by Gasteiger charge is -2.28. The van der Waals surface area contributed by atoms with Gasteiger partial charge in [-0.05, 0) is 63.4 Å². The van der Waals surface area contributed by atoms with Gasteiger partial charge in [-0.2, -0.15) is 0 Å². The first kappa shape index (κ1) is 21.6. The molecule has 0 aliphatic carbocycles. The molecule has 1 heterocycles. The summed E-state index contributed by atoms with van der Waals surface area (Å²) >= 11 is 0. The van der Waals surface area contributed by atoms with Crippen LogP contribution in [0.25, 0.3) is 0 Å². The number of aliphatic hydroxyl groups excluding tert-OH is 1. The van der Waals surface area contributed by atoms with E-state index in [1.807, 2.05) is 32.9 Å². The Hall–Kier alpha value is -2.08. The van der Waals surface area contributed by atoms with E-state index in [4.69, 9.17) is 14.2 Å². The van der Waals surface area contributed by atoms with Crippen molar-refractivity contribution in [1.82, 2.24) is 4.90 Å². The molecule has 1 aliphatic heterocycles. The highest BCUT2D eigenvalue weighted by Crippen LogP contribution is 2.33. The summed E-state index contributed by atoms with van der Waals surface area (Å²) in [6.07, 6.45) is -0.562. The van der Waals surface area contributed by atoms with Crippen LogP contribution in [0, 0.1) is 13.8 Å². The van der Waals surface area contributed by atoms with Crippen LogP contribution >= 0.6 is 0 Å². The lowest BCUT2D eigenvalue weighted by Crippen LogP contribution is -2.36. The highest BCUT2D eigenvalue weighted by atomic mass is 16.7. The van der Waals surface area contributed by atoms with Crippen LogP contribution in [0.2, 0.25) is 0 Å². The first-order valence-electron chi connectivity index (χ1n) is 10.2. The number of aryl methyl sites for hydroxylation is 2. The van der Waals surface area contributed by atoms with Crippen molar-refractivity contribution in [3.8, 4) is 11.5 Å². The zero-order valence-corrected chi connectivity index (χ0v) is 18.2. The fourth-order valence-corrected chi connectivity index (χ4v) is 3.39. The van der Waals surface area contributed by atoms with Crippen molar-refractivity contribution in [2.45, 2.75) is 59.4 Å². The molecule has 29 heavy (non-hydrogen) atoms. The van der Waals surface area contributed by atoms with Crippen molar-refractivity contribution in [2.75, 3.05) is 19.9 Å². The molecule has 0 radical (unpaired) electrons. The van der Waals surface area contributed by atoms with Gasteiger partial charge < -0.3 is 19.3 Å². The maximum absolute atomic E-state index is 10.6. The maximum atomic E-state index is 10.6. The van der Waals surface area contributed by atoms with Crippen LogP contribution in [0.1, 0.15) is 43.0 Å². The van der Waals surface area contributed by atoms with Crippen molar-refractivity contribution in [1.29, 1.82) is 0 Å². The minimum atomic E-state index is -0.562. The number of fused-ring (bicyclic) bond motifs is 1. The van der Waals surface area contributed by atoms with Gasteiger partial charge in [-0.15, -0.1) is 0 Å². The largest absolute Gasteiger partial charge is 0.454 e. The molecule has 0 fully saturated rings. The Labute approximate surface area is 174 Å². The normalized spacial score (nSPS) is 14.4. The number of nitrogens with zero attached hydrogens (tertiary/aromatic N) is 1. The molecule has 158 valence electrons. The third-order valence-electron chi connectivity index (χ3n) is 4.92. The fourth-order valence-electron chi connectivity index (χ4n) is 3.39. The van der Waals surface area contributed by atoms with E-state index in [0.29, 0.717) is 19.7 Å². The summed E-state index contributed by atoms with van der Waals surface area (Å²) in [5.74, 6) is 1.57. The molecule has 0 saturated heterocycles. The Bertz CT molecular complexity index is 828. The lowest BCUT2D eigenvalue weighted by atomic mass is 10.0. The third-order valence-corrected chi connectivity index (χ3v) is 4.92. The first-order chi connectivity index (χ1) is 13.7. The first-order valence-corrected chi connectivity index (χ1v) is 10.2. The second kappa shape index (κ2) is 9.16. The SMILES string of the molecule is Cc1ccc(C)c(CN(Cc2ccc3c(c2)OCO3)CC(O)COC(C)(C)C)c1. The molecule has 3 rings (SSSR count). The zero-order chi connectivity index (χ0) is 21.0. The van der Waals surface area contributed by atoms with Gasteiger partial charge >= 0.3 is 0 Å². The summed E-state index contributed by atoms with van der Waals surface area (Å²) in [5.41, 5.74) is 4.63. The molecule has 0 spiro atoms. The van der Waals surface area contributed by atoms with Crippen LogP contribution in [0.3, 0.4) is 0 Å². The molecule has 0 amide bonds. The predicted octanol–water partition coefficient (Wildman–Crippen LogP) is 4.21. The molecule has 1 atom stereocenters. The second-order valence-electron chi connectivity index (χ2n) is 8.86. The Morgan fingerprint density at radius 3 is 2.55 bits per heavy atom. The van der Waals surface area contributed by atoms with E-state index >= 15 is 0 Å². The van der Waals surface area contributed by atoms with Gasteiger partial charge in [0, 0.05) is 19.6 Å². The van der Waals surface area contributed by atoms with Gasteiger partial charge in [0.1, 0.15) is 0 Å². The van der Waals surface area contributed by atoms with E-state index in [0.717, 1.165) is 23.6 Å². The number of hydrogen-bond donors (Lipinski definition) is 1. The van der Waals surface area contributed by atoms with Gasteiger partial charge in [-0.3, -0.25) is 4.90 Å². The van der Waals surface area contributed by atoms with E-state index in [-0.39, 0.29) is 12.4 Å². The van der Waals surface area contributed by atoms with Gasteiger partial charge in [-0.1, -0.05) is 29.8 Å². The van der Waals surface area contributed by atoms with Gasteiger partial charge in [0.15, 0.2) is 11.5 Å². The number of ether oxygens (including phenoxy) is 3. The van der Waals surface area contributed by atoms with Crippen LogP contribution in [-0.2, 0) is 17.8 Å². The summed E-state index contributed by atoms with van der Waals surface area (Å²) in [6.45, 7) is 12.8. The second-order valence-corrected chi connectivity index (χ2v) is 8.86. The van der Waals surface area contributed by atoms with Crippen LogP contribution in [-0.4, -0.2) is 41.7 Å². The Morgan fingerprint density at radius 2 is 1.79 bits per heavy atom. The quantitative estimate of drug-likeness (QED) is 0.721. The van der Waals surface area contributed by atoms with Gasteiger partial charge in [0.25, 0.3) is 0 Å². The monoisotopic (exact) mass is 399 g/mol. The van der Waals surface area contributed by atoms with E-state index < -0.39 is 6.10 Å². The van der Waals surface area contributed by atoms with E-state index in [1.54, 1.807) is 0 Å². The van der Waals surface area contributed by atoms with Crippen molar-refractivity contribution >= 4 is 0 Å². The Morgan fingerprint density at radius 1 is 1.03 bits per heavy atom. The minimum Gasteiger partial charge on any atom is -0.454 e. The summed E-state index contributed by atoms with van der Waals surface area (Å²) in [5, 5.41) is 10.6. The molecule has 1 N–H and O–H groups in total. The molecule has 5 heteroatoms. The van der Waals surface area contributed by atoms with E-state index in [9.17, 15) is 5.11 Å². The third kappa shape index (κ3) is 6.46. The zero-order valence-electron chi connectivity index (χ0n) is 18.2. The van der Waals surface area contributed by atoms with E-state index in [2.05, 4.69) is 43.0 Å². The molecular formula is C24H33NO4. The summed E-state index contributed by atoms with van der Waals surface area (Å²) in [6, 6.07) is 12.5. The van der Waals surface area contributed by atoms with Gasteiger partial charge in [0.05, 0.1) is 18.3 Å². The summed E-state index contributed by atoms with van der Waals surface area (Å²) < 4.78 is 16.7. The molecule has 0 saturated carbocycles. The Kier molecular flexibility index (Phi) is 6.83. The smallest absolute Gasteiger partial charge is 0.231 e. The highest BCUT2D eigenvalue weighted by molar-refractivity contribution is 5.44. The number of benzene rings is 2. The van der Waals surface area contributed by atoms with Crippen LogP contribution in [0.4, 0.5) is 0 Å². The number of aliphatic hydroxyl groups is 1. The topological polar surface area (TPSA) is 51.2 Å². The molecule has 5 nitrogen and oxygen atoms in total. The van der Waals surface area contributed by atoms with Gasteiger partial charge in [-0.25, -0.2) is 0 Å². The van der Waals surface area contributed by atoms with Gasteiger partial charge in [0.2, 0.25) is 6.79 Å². The van der Waals surface area contributed by atoms with Crippen LogP contribution in [0.15, 0.2) is 36.4 Å². The molecule has 1 unspecified atom stereocenters. The van der Waals surface area contributed by atoms with E-state index in [1.165, 1.54) is 16.7 Å². The number of rotatable bonds is 8. The molecular weight excluding hydrogens is 366 g/mol. The highest BCUT2D eigenvalue weighted by Gasteiger charge is 2.19. The van der Waals surface area contributed by atoms with Crippen molar-refractivity contribution < 1.29 is 19.3 Å².